The molecule has 118 valence electrons. The highest BCUT2D eigenvalue weighted by atomic mass is 19.4. The van der Waals surface area contributed by atoms with E-state index in [4.69, 9.17) is 5.73 Å². The van der Waals surface area contributed by atoms with Crippen LogP contribution in [0, 0.1) is 5.92 Å². The maximum absolute atomic E-state index is 12.4. The van der Waals surface area contributed by atoms with Crippen LogP contribution in [0.25, 0.3) is 0 Å². The molecule has 1 heterocycles. The fraction of sp³-hybridized carbons (Fsp3) is 1.00. The Bertz CT molecular complexity index is 309. The topological polar surface area (TPSA) is 32.5 Å². The molecule has 1 atom stereocenters. The molecule has 2 aliphatic rings. The molecule has 0 spiro atoms. The monoisotopic (exact) mass is 293 g/mol. The highest BCUT2D eigenvalue weighted by Gasteiger charge is 2.38. The predicted molar refractivity (Wildman–Crippen MR) is 73.5 cm³/mol. The second-order valence-electron chi connectivity index (χ2n) is 6.58. The second kappa shape index (κ2) is 6.20. The fourth-order valence-corrected chi connectivity index (χ4v) is 3.36. The van der Waals surface area contributed by atoms with Crippen LogP contribution in [-0.2, 0) is 0 Å². The average molecular weight is 293 g/mol. The lowest BCUT2D eigenvalue weighted by molar-refractivity contribution is -0.151. The molecule has 0 bridgehead atoms. The van der Waals surface area contributed by atoms with Gasteiger partial charge in [0.05, 0.1) is 6.54 Å². The van der Waals surface area contributed by atoms with E-state index in [1.807, 2.05) is 0 Å². The van der Waals surface area contributed by atoms with E-state index in [1.54, 1.807) is 0 Å². The van der Waals surface area contributed by atoms with Crippen LogP contribution in [0.2, 0.25) is 0 Å². The zero-order valence-corrected chi connectivity index (χ0v) is 12.3. The summed E-state index contributed by atoms with van der Waals surface area (Å²) in [7, 11) is 0. The summed E-state index contributed by atoms with van der Waals surface area (Å²) in [5.74, 6) is 0.761. The second-order valence-corrected chi connectivity index (χ2v) is 6.58. The molecule has 0 radical (unpaired) electrons. The number of hydrogen-bond donors (Lipinski definition) is 1. The van der Waals surface area contributed by atoms with Crippen molar-refractivity contribution in [3.8, 4) is 0 Å². The number of alkyl halides is 3. The first-order valence-electron chi connectivity index (χ1n) is 7.57. The van der Waals surface area contributed by atoms with E-state index in [0.717, 1.165) is 12.3 Å². The molecule has 1 saturated carbocycles. The molecule has 0 aromatic carbocycles. The van der Waals surface area contributed by atoms with Crippen LogP contribution in [0.4, 0.5) is 13.2 Å². The van der Waals surface area contributed by atoms with Crippen LogP contribution >= 0.6 is 0 Å². The van der Waals surface area contributed by atoms with Crippen molar-refractivity contribution in [2.75, 3.05) is 39.3 Å². The molecule has 0 aromatic rings. The van der Waals surface area contributed by atoms with Gasteiger partial charge in [-0.05, 0) is 19.3 Å². The quantitative estimate of drug-likeness (QED) is 0.842. The Kier molecular flexibility index (Phi) is 4.97. The Labute approximate surface area is 119 Å². The van der Waals surface area contributed by atoms with Gasteiger partial charge in [-0.3, -0.25) is 9.80 Å². The van der Waals surface area contributed by atoms with Crippen molar-refractivity contribution < 1.29 is 13.2 Å². The van der Waals surface area contributed by atoms with Gasteiger partial charge in [-0.25, -0.2) is 0 Å². The van der Waals surface area contributed by atoms with Crippen molar-refractivity contribution in [3.63, 3.8) is 0 Å². The Morgan fingerprint density at radius 2 is 1.70 bits per heavy atom. The van der Waals surface area contributed by atoms with Crippen molar-refractivity contribution in [2.24, 2.45) is 11.7 Å². The third kappa shape index (κ3) is 4.09. The van der Waals surface area contributed by atoms with E-state index < -0.39 is 12.7 Å². The zero-order valence-electron chi connectivity index (χ0n) is 12.3. The van der Waals surface area contributed by atoms with Crippen molar-refractivity contribution >= 4 is 0 Å². The van der Waals surface area contributed by atoms with Gasteiger partial charge in [0, 0.05) is 38.3 Å². The van der Waals surface area contributed by atoms with Crippen molar-refractivity contribution in [1.82, 2.24) is 9.80 Å². The lowest BCUT2D eigenvalue weighted by Crippen LogP contribution is -2.60. The maximum atomic E-state index is 12.4. The maximum Gasteiger partial charge on any atom is 0.401 e. The first-order valence-corrected chi connectivity index (χ1v) is 7.57. The van der Waals surface area contributed by atoms with Gasteiger partial charge in [0.1, 0.15) is 0 Å². The van der Waals surface area contributed by atoms with Crippen molar-refractivity contribution in [1.29, 1.82) is 0 Å². The number of hydrogen-bond acceptors (Lipinski definition) is 3. The van der Waals surface area contributed by atoms with Gasteiger partial charge in [0.15, 0.2) is 0 Å². The summed E-state index contributed by atoms with van der Waals surface area (Å²) in [4.78, 5) is 3.80. The first kappa shape index (κ1) is 16.0. The Morgan fingerprint density at radius 1 is 1.10 bits per heavy atom. The number of rotatable bonds is 5. The van der Waals surface area contributed by atoms with Crippen LogP contribution < -0.4 is 5.73 Å². The standard InChI is InChI=1S/C14H26F3N3/c1-13(10-18,9-12-3-2-4-12)20-7-5-19(6-8-20)11-14(15,16)17/h12H,2-11,18H2,1H3. The molecular weight excluding hydrogens is 267 g/mol. The van der Waals surface area contributed by atoms with Crippen molar-refractivity contribution in [2.45, 2.75) is 44.3 Å². The van der Waals surface area contributed by atoms with Gasteiger partial charge >= 0.3 is 6.18 Å². The molecule has 2 rings (SSSR count). The molecule has 1 aliphatic heterocycles. The SMILES string of the molecule is CC(CN)(CC1CCC1)N1CCN(CC(F)(F)F)CC1. The Balaban J connectivity index is 1.84. The van der Waals surface area contributed by atoms with Crippen LogP contribution in [0.5, 0.6) is 0 Å². The summed E-state index contributed by atoms with van der Waals surface area (Å²) >= 11 is 0. The van der Waals surface area contributed by atoms with Gasteiger partial charge in [-0.15, -0.1) is 0 Å². The molecule has 2 N–H and O–H groups in total. The van der Waals surface area contributed by atoms with E-state index >= 15 is 0 Å². The summed E-state index contributed by atoms with van der Waals surface area (Å²) in [6, 6.07) is 0. The van der Waals surface area contributed by atoms with Gasteiger partial charge in [-0.1, -0.05) is 19.3 Å². The minimum Gasteiger partial charge on any atom is -0.329 e. The van der Waals surface area contributed by atoms with Crippen LogP contribution in [-0.4, -0.2) is 60.8 Å². The summed E-state index contributed by atoms with van der Waals surface area (Å²) in [5.41, 5.74) is 5.92. The normalized spacial score (nSPS) is 26.2. The van der Waals surface area contributed by atoms with E-state index in [2.05, 4.69) is 11.8 Å². The minimum absolute atomic E-state index is 0.0462. The molecule has 1 aliphatic carbocycles. The van der Waals surface area contributed by atoms with E-state index in [9.17, 15) is 13.2 Å². The smallest absolute Gasteiger partial charge is 0.329 e. The molecule has 1 saturated heterocycles. The highest BCUT2D eigenvalue weighted by Crippen LogP contribution is 2.36. The molecule has 2 fully saturated rings. The van der Waals surface area contributed by atoms with Crippen LogP contribution in [0.3, 0.4) is 0 Å². The third-order valence-electron chi connectivity index (χ3n) is 4.93. The molecule has 20 heavy (non-hydrogen) atoms. The lowest BCUT2D eigenvalue weighted by atomic mass is 9.75. The largest absolute Gasteiger partial charge is 0.401 e. The van der Waals surface area contributed by atoms with Crippen LogP contribution in [0.15, 0.2) is 0 Å². The molecule has 0 amide bonds. The molecule has 0 aromatic heterocycles. The Morgan fingerprint density at radius 3 is 2.10 bits per heavy atom. The van der Waals surface area contributed by atoms with Gasteiger partial charge in [0.25, 0.3) is 0 Å². The number of nitrogens with two attached hydrogens (primary N) is 1. The third-order valence-corrected chi connectivity index (χ3v) is 4.93. The van der Waals surface area contributed by atoms with E-state index in [1.165, 1.54) is 24.2 Å². The predicted octanol–water partition coefficient (Wildman–Crippen LogP) is 2.07. The van der Waals surface area contributed by atoms with Crippen LogP contribution in [0.1, 0.15) is 32.6 Å². The van der Waals surface area contributed by atoms with Crippen molar-refractivity contribution in [3.05, 3.63) is 0 Å². The number of piperazine rings is 1. The van der Waals surface area contributed by atoms with Gasteiger partial charge < -0.3 is 5.73 Å². The molecule has 6 heteroatoms. The highest BCUT2D eigenvalue weighted by molar-refractivity contribution is 4.93. The van der Waals surface area contributed by atoms with E-state index in [-0.39, 0.29) is 5.54 Å². The average Bonchev–Trinajstić information content (AvgIpc) is 2.32. The molecule has 3 nitrogen and oxygen atoms in total. The molecule has 1 unspecified atom stereocenters. The summed E-state index contributed by atoms with van der Waals surface area (Å²) in [5, 5.41) is 0. The van der Waals surface area contributed by atoms with Gasteiger partial charge in [-0.2, -0.15) is 13.2 Å². The minimum atomic E-state index is -4.09. The number of halogens is 3. The van der Waals surface area contributed by atoms with E-state index in [0.29, 0.717) is 32.7 Å². The summed E-state index contributed by atoms with van der Waals surface area (Å²) in [6.07, 6.45) is 0.867. The molecular formula is C14H26F3N3. The first-order chi connectivity index (χ1) is 9.32. The lowest BCUT2D eigenvalue weighted by Gasteiger charge is -2.48. The Hall–Kier alpha value is -0.330. The van der Waals surface area contributed by atoms with Gasteiger partial charge in [0.2, 0.25) is 0 Å². The fourth-order valence-electron chi connectivity index (χ4n) is 3.36. The zero-order chi connectivity index (χ0) is 14.8. The summed E-state index contributed by atoms with van der Waals surface area (Å²) in [6.45, 7) is 4.32. The summed E-state index contributed by atoms with van der Waals surface area (Å²) < 4.78 is 37.2. The number of nitrogens with zero attached hydrogens (tertiary/aromatic N) is 2.